The highest BCUT2D eigenvalue weighted by Gasteiger charge is 2.24. The van der Waals surface area contributed by atoms with Crippen molar-refractivity contribution in [2.75, 3.05) is 0 Å². The van der Waals surface area contributed by atoms with Crippen molar-refractivity contribution >= 4 is 5.69 Å². The van der Waals surface area contributed by atoms with E-state index >= 15 is 0 Å². The fourth-order valence-corrected chi connectivity index (χ4v) is 1.14. The van der Waals surface area contributed by atoms with Crippen molar-refractivity contribution in [3.8, 4) is 0 Å². The molecule has 0 aliphatic carbocycles. The van der Waals surface area contributed by atoms with Gasteiger partial charge >= 0.3 is 5.69 Å². The van der Waals surface area contributed by atoms with E-state index in [2.05, 4.69) is 10.2 Å². The zero-order valence-electron chi connectivity index (χ0n) is 7.57. The summed E-state index contributed by atoms with van der Waals surface area (Å²) in [5, 5.41) is 17.1. The molecule has 0 saturated carbocycles. The van der Waals surface area contributed by atoms with Gasteiger partial charge in [0.25, 0.3) is 0 Å². The van der Waals surface area contributed by atoms with Gasteiger partial charge in [0, 0.05) is 12.5 Å². The van der Waals surface area contributed by atoms with E-state index in [4.69, 9.17) is 5.73 Å². The molecule has 6 nitrogen and oxygen atoms in total. The third-order valence-corrected chi connectivity index (χ3v) is 1.77. The molecule has 0 unspecified atom stereocenters. The van der Waals surface area contributed by atoms with Crippen LogP contribution in [0.25, 0.3) is 0 Å². The van der Waals surface area contributed by atoms with Crippen molar-refractivity contribution < 1.29 is 4.92 Å². The molecule has 0 radical (unpaired) electrons. The van der Waals surface area contributed by atoms with E-state index in [9.17, 15) is 10.1 Å². The molecule has 1 rings (SSSR count). The van der Waals surface area contributed by atoms with Gasteiger partial charge in [-0.2, -0.15) is 5.10 Å². The minimum absolute atomic E-state index is 0.0250. The highest BCUT2D eigenvalue weighted by Crippen LogP contribution is 2.26. The first-order valence-corrected chi connectivity index (χ1v) is 3.99. The van der Waals surface area contributed by atoms with Gasteiger partial charge in [0.05, 0.1) is 4.92 Å². The van der Waals surface area contributed by atoms with E-state index in [-0.39, 0.29) is 18.2 Å². The van der Waals surface area contributed by atoms with Gasteiger partial charge < -0.3 is 5.73 Å². The maximum Gasteiger partial charge on any atom is 0.314 e. The number of hydrogen-bond donors (Lipinski definition) is 2. The molecule has 6 heteroatoms. The standard InChI is InChI=1S/C7H12N4O2/c1-4(2)6-7(11(12)13)5(3-8)9-10-6/h4H,3,8H2,1-2H3,(H,9,10). The molecule has 0 saturated heterocycles. The van der Waals surface area contributed by atoms with Crippen LogP contribution in [-0.4, -0.2) is 15.1 Å². The van der Waals surface area contributed by atoms with Crippen molar-refractivity contribution in [1.29, 1.82) is 0 Å². The van der Waals surface area contributed by atoms with Crippen LogP contribution in [0.5, 0.6) is 0 Å². The lowest BCUT2D eigenvalue weighted by atomic mass is 10.1. The number of aromatic amines is 1. The Balaban J connectivity index is 3.22. The second-order valence-electron chi connectivity index (χ2n) is 3.05. The summed E-state index contributed by atoms with van der Waals surface area (Å²) < 4.78 is 0. The molecule has 0 amide bonds. The lowest BCUT2D eigenvalue weighted by Gasteiger charge is -1.98. The highest BCUT2D eigenvalue weighted by molar-refractivity contribution is 5.41. The molecule has 0 spiro atoms. The Labute approximate surface area is 75.3 Å². The van der Waals surface area contributed by atoms with E-state index in [0.29, 0.717) is 11.4 Å². The van der Waals surface area contributed by atoms with E-state index in [1.54, 1.807) is 0 Å². The van der Waals surface area contributed by atoms with Crippen molar-refractivity contribution in [3.63, 3.8) is 0 Å². The summed E-state index contributed by atoms with van der Waals surface area (Å²) in [5.74, 6) is 0.0250. The van der Waals surface area contributed by atoms with Crippen LogP contribution >= 0.6 is 0 Å². The van der Waals surface area contributed by atoms with Gasteiger partial charge in [-0.15, -0.1) is 0 Å². The van der Waals surface area contributed by atoms with Gasteiger partial charge in [-0.3, -0.25) is 15.2 Å². The maximum atomic E-state index is 10.7. The topological polar surface area (TPSA) is 97.8 Å². The summed E-state index contributed by atoms with van der Waals surface area (Å²) in [6, 6.07) is 0. The van der Waals surface area contributed by atoms with E-state index < -0.39 is 4.92 Å². The molecule has 0 atom stereocenters. The second kappa shape index (κ2) is 3.53. The number of rotatable bonds is 3. The second-order valence-corrected chi connectivity index (χ2v) is 3.05. The van der Waals surface area contributed by atoms with Crippen molar-refractivity contribution in [2.24, 2.45) is 5.73 Å². The van der Waals surface area contributed by atoms with Crippen molar-refractivity contribution in [1.82, 2.24) is 10.2 Å². The molecule has 3 N–H and O–H groups in total. The number of nitrogens with two attached hydrogens (primary N) is 1. The van der Waals surface area contributed by atoms with E-state index in [1.807, 2.05) is 13.8 Å². The van der Waals surface area contributed by atoms with Crippen LogP contribution in [0.15, 0.2) is 0 Å². The Hall–Kier alpha value is -1.43. The number of nitro groups is 1. The van der Waals surface area contributed by atoms with E-state index in [0.717, 1.165) is 0 Å². The summed E-state index contributed by atoms with van der Waals surface area (Å²) in [6.45, 7) is 3.81. The predicted octanol–water partition coefficient (Wildman–Crippen LogP) is 0.900. The molecule has 0 fully saturated rings. The minimum Gasteiger partial charge on any atom is -0.325 e. The Morgan fingerprint density at radius 2 is 2.31 bits per heavy atom. The van der Waals surface area contributed by atoms with Crippen molar-refractivity contribution in [2.45, 2.75) is 26.3 Å². The van der Waals surface area contributed by atoms with E-state index in [1.165, 1.54) is 0 Å². The summed E-state index contributed by atoms with van der Waals surface area (Å²) in [4.78, 5) is 10.2. The van der Waals surface area contributed by atoms with Crippen LogP contribution in [-0.2, 0) is 6.54 Å². The number of nitrogens with one attached hydrogen (secondary N) is 1. The number of nitrogens with zero attached hydrogens (tertiary/aromatic N) is 2. The fourth-order valence-electron chi connectivity index (χ4n) is 1.14. The summed E-state index contributed by atoms with van der Waals surface area (Å²) in [5.41, 5.74) is 6.20. The molecule has 0 aliphatic heterocycles. The zero-order chi connectivity index (χ0) is 10.0. The normalized spacial score (nSPS) is 10.8. The molecule has 0 bridgehead atoms. The number of aromatic nitrogens is 2. The molecular weight excluding hydrogens is 172 g/mol. The van der Waals surface area contributed by atoms with Gasteiger partial charge in [0.15, 0.2) is 0 Å². The third-order valence-electron chi connectivity index (χ3n) is 1.77. The molecule has 13 heavy (non-hydrogen) atoms. The largest absolute Gasteiger partial charge is 0.325 e. The Morgan fingerprint density at radius 3 is 2.69 bits per heavy atom. The lowest BCUT2D eigenvalue weighted by Crippen LogP contribution is -2.02. The van der Waals surface area contributed by atoms with Crippen LogP contribution in [0.4, 0.5) is 5.69 Å². The number of hydrogen-bond acceptors (Lipinski definition) is 4. The molecule has 1 heterocycles. The average Bonchev–Trinajstić information content (AvgIpc) is 2.46. The average molecular weight is 184 g/mol. The quantitative estimate of drug-likeness (QED) is 0.538. The molecule has 0 aromatic carbocycles. The first kappa shape index (κ1) is 9.66. The Morgan fingerprint density at radius 1 is 1.69 bits per heavy atom. The molecule has 1 aromatic rings. The Bertz CT molecular complexity index is 318. The van der Waals surface area contributed by atoms with Crippen LogP contribution < -0.4 is 5.73 Å². The summed E-state index contributed by atoms with van der Waals surface area (Å²) >= 11 is 0. The summed E-state index contributed by atoms with van der Waals surface area (Å²) in [6.07, 6.45) is 0. The molecular formula is C7H12N4O2. The fraction of sp³-hybridized carbons (Fsp3) is 0.571. The smallest absolute Gasteiger partial charge is 0.314 e. The first-order chi connectivity index (χ1) is 6.07. The highest BCUT2D eigenvalue weighted by atomic mass is 16.6. The van der Waals surface area contributed by atoms with Gasteiger partial charge in [-0.1, -0.05) is 13.8 Å². The molecule has 1 aromatic heterocycles. The van der Waals surface area contributed by atoms with Gasteiger partial charge in [-0.05, 0) is 0 Å². The minimum atomic E-state index is -0.443. The van der Waals surface area contributed by atoms with Gasteiger partial charge in [-0.25, -0.2) is 0 Å². The van der Waals surface area contributed by atoms with Crippen LogP contribution in [0.1, 0.15) is 31.2 Å². The predicted molar refractivity (Wildman–Crippen MR) is 47.2 cm³/mol. The van der Waals surface area contributed by atoms with Crippen LogP contribution in [0.2, 0.25) is 0 Å². The van der Waals surface area contributed by atoms with Crippen LogP contribution in [0.3, 0.4) is 0 Å². The Kier molecular flexibility index (Phi) is 2.62. The molecule has 72 valence electrons. The summed E-state index contributed by atoms with van der Waals surface area (Å²) in [7, 11) is 0. The van der Waals surface area contributed by atoms with Crippen LogP contribution in [0, 0.1) is 10.1 Å². The maximum absolute atomic E-state index is 10.7. The first-order valence-electron chi connectivity index (χ1n) is 3.99. The zero-order valence-corrected chi connectivity index (χ0v) is 7.57. The van der Waals surface area contributed by atoms with Crippen molar-refractivity contribution in [3.05, 3.63) is 21.5 Å². The number of H-pyrrole nitrogens is 1. The molecule has 0 aliphatic rings. The monoisotopic (exact) mass is 184 g/mol. The van der Waals surface area contributed by atoms with Gasteiger partial charge in [0.1, 0.15) is 11.4 Å². The SMILES string of the molecule is CC(C)c1n[nH]c(CN)c1[N+](=O)[O-]. The lowest BCUT2D eigenvalue weighted by molar-refractivity contribution is -0.386. The van der Waals surface area contributed by atoms with Gasteiger partial charge in [0.2, 0.25) is 0 Å². The third kappa shape index (κ3) is 1.67.